The lowest BCUT2D eigenvalue weighted by Gasteiger charge is -2.25. The molecule has 1 atom stereocenters. The van der Waals surface area contributed by atoms with Crippen LogP contribution in [0.3, 0.4) is 0 Å². The summed E-state index contributed by atoms with van der Waals surface area (Å²) >= 11 is 0. The molecule has 3 rings (SSSR count). The van der Waals surface area contributed by atoms with Crippen LogP contribution in [0.15, 0.2) is 42.6 Å². The molecule has 1 amide bonds. The van der Waals surface area contributed by atoms with Gasteiger partial charge < -0.3 is 10.2 Å². The molecular weight excluding hydrogens is 324 g/mol. The Kier molecular flexibility index (Phi) is 5.71. The molecule has 0 radical (unpaired) electrons. The van der Waals surface area contributed by atoms with Gasteiger partial charge in [-0.1, -0.05) is 12.1 Å². The summed E-state index contributed by atoms with van der Waals surface area (Å²) in [4.78, 5) is 18.1. The normalized spacial score (nSPS) is 17.3. The maximum Gasteiger partial charge on any atom is 0.223 e. The van der Waals surface area contributed by atoms with Crippen molar-refractivity contribution in [3.05, 3.63) is 65.5 Å². The van der Waals surface area contributed by atoms with Crippen LogP contribution in [0.2, 0.25) is 0 Å². The van der Waals surface area contributed by atoms with E-state index in [4.69, 9.17) is 0 Å². The van der Waals surface area contributed by atoms with Crippen molar-refractivity contribution in [2.24, 2.45) is 0 Å². The van der Waals surface area contributed by atoms with E-state index in [1.807, 2.05) is 18.2 Å². The number of likely N-dealkylation sites (tertiary alicyclic amines) is 1. The van der Waals surface area contributed by atoms with Gasteiger partial charge >= 0.3 is 0 Å². The van der Waals surface area contributed by atoms with E-state index in [-0.39, 0.29) is 18.5 Å². The molecule has 2 aromatic rings. The largest absolute Gasteiger partial charge is 0.335 e. The fourth-order valence-corrected chi connectivity index (χ4v) is 3.13. The minimum absolute atomic E-state index is 0.0263. The molecule has 1 unspecified atom stereocenters. The van der Waals surface area contributed by atoms with Crippen molar-refractivity contribution in [1.29, 1.82) is 0 Å². The zero-order valence-electron chi connectivity index (χ0n) is 13.9. The van der Waals surface area contributed by atoms with Gasteiger partial charge in [-0.3, -0.25) is 9.78 Å². The average Bonchev–Trinajstić information content (AvgIpc) is 2.95. The van der Waals surface area contributed by atoms with Crippen LogP contribution >= 0.6 is 0 Å². The van der Waals surface area contributed by atoms with Crippen LogP contribution in [0.4, 0.5) is 8.78 Å². The number of aromatic nitrogens is 1. The first-order chi connectivity index (χ1) is 12.1. The molecule has 1 aromatic heterocycles. The van der Waals surface area contributed by atoms with Crippen LogP contribution in [0.1, 0.15) is 30.5 Å². The predicted octanol–water partition coefficient (Wildman–Crippen LogP) is 3.03. The first-order valence-electron chi connectivity index (χ1n) is 8.47. The van der Waals surface area contributed by atoms with Crippen molar-refractivity contribution >= 4 is 5.91 Å². The van der Waals surface area contributed by atoms with Gasteiger partial charge in [-0.25, -0.2) is 8.78 Å². The van der Waals surface area contributed by atoms with Crippen molar-refractivity contribution < 1.29 is 13.6 Å². The van der Waals surface area contributed by atoms with Gasteiger partial charge in [-0.05, 0) is 37.6 Å². The first-order valence-corrected chi connectivity index (χ1v) is 8.47. The second kappa shape index (κ2) is 8.16. The monoisotopic (exact) mass is 345 g/mol. The van der Waals surface area contributed by atoms with Crippen molar-refractivity contribution in [2.45, 2.75) is 38.4 Å². The number of benzene rings is 1. The Morgan fingerprint density at radius 2 is 2.12 bits per heavy atom. The molecule has 25 heavy (non-hydrogen) atoms. The zero-order valence-corrected chi connectivity index (χ0v) is 13.9. The SMILES string of the molecule is O=C1CCC(CCNCc2ccccn2)N1Cc1ccc(F)cc1F. The van der Waals surface area contributed by atoms with E-state index in [2.05, 4.69) is 10.3 Å². The second-order valence-electron chi connectivity index (χ2n) is 6.24. The standard InChI is InChI=1S/C19H21F2N3O/c20-15-5-4-14(18(21)11-15)13-24-17(6-7-19(24)25)8-10-22-12-16-3-1-2-9-23-16/h1-5,9,11,17,22H,6-8,10,12-13H2. The maximum absolute atomic E-state index is 13.9. The molecule has 1 aliphatic rings. The van der Waals surface area contributed by atoms with Crippen LogP contribution in [0.25, 0.3) is 0 Å². The van der Waals surface area contributed by atoms with Gasteiger partial charge in [0.05, 0.1) is 5.69 Å². The molecule has 1 aliphatic heterocycles. The molecule has 1 saturated heterocycles. The number of hydrogen-bond acceptors (Lipinski definition) is 3. The molecule has 1 aromatic carbocycles. The summed E-state index contributed by atoms with van der Waals surface area (Å²) in [6.45, 7) is 1.61. The van der Waals surface area contributed by atoms with E-state index in [1.165, 1.54) is 12.1 Å². The topological polar surface area (TPSA) is 45.2 Å². The van der Waals surface area contributed by atoms with Crippen LogP contribution in [-0.4, -0.2) is 28.4 Å². The van der Waals surface area contributed by atoms with Crippen molar-refractivity contribution in [2.75, 3.05) is 6.54 Å². The van der Waals surface area contributed by atoms with E-state index in [9.17, 15) is 13.6 Å². The van der Waals surface area contributed by atoms with E-state index >= 15 is 0 Å². The number of nitrogens with one attached hydrogen (secondary N) is 1. The Hall–Kier alpha value is -2.34. The van der Waals surface area contributed by atoms with Crippen molar-refractivity contribution in [3.8, 4) is 0 Å². The number of nitrogens with zero attached hydrogens (tertiary/aromatic N) is 2. The van der Waals surface area contributed by atoms with E-state index in [1.54, 1.807) is 11.1 Å². The average molecular weight is 345 g/mol. The summed E-state index contributed by atoms with van der Waals surface area (Å²) in [6, 6.07) is 9.34. The fourth-order valence-electron chi connectivity index (χ4n) is 3.13. The fraction of sp³-hybridized carbons (Fsp3) is 0.368. The Morgan fingerprint density at radius 3 is 2.88 bits per heavy atom. The van der Waals surface area contributed by atoms with Gasteiger partial charge in [0.25, 0.3) is 0 Å². The quantitative estimate of drug-likeness (QED) is 0.785. The summed E-state index contributed by atoms with van der Waals surface area (Å²) in [6.07, 6.45) is 3.80. The maximum atomic E-state index is 13.9. The molecule has 0 aliphatic carbocycles. The molecule has 1 N–H and O–H groups in total. The number of amides is 1. The minimum Gasteiger partial charge on any atom is -0.335 e. The molecule has 1 fully saturated rings. The minimum atomic E-state index is -0.607. The molecule has 2 heterocycles. The molecule has 132 valence electrons. The third-order valence-corrected chi connectivity index (χ3v) is 4.49. The highest BCUT2D eigenvalue weighted by molar-refractivity contribution is 5.78. The van der Waals surface area contributed by atoms with Crippen LogP contribution in [0.5, 0.6) is 0 Å². The van der Waals surface area contributed by atoms with Crippen LogP contribution in [0, 0.1) is 11.6 Å². The predicted molar refractivity (Wildman–Crippen MR) is 90.5 cm³/mol. The summed E-state index contributed by atoms with van der Waals surface area (Å²) in [5.74, 6) is -1.19. The number of rotatable bonds is 7. The van der Waals surface area contributed by atoms with Gasteiger partial charge in [0, 0.05) is 43.4 Å². The number of carbonyl (C=O) groups excluding carboxylic acids is 1. The molecule has 0 saturated carbocycles. The molecular formula is C19H21F2N3O. The number of carbonyl (C=O) groups is 1. The summed E-state index contributed by atoms with van der Waals surface area (Å²) in [5.41, 5.74) is 1.32. The highest BCUT2D eigenvalue weighted by Crippen LogP contribution is 2.24. The lowest BCUT2D eigenvalue weighted by molar-refractivity contribution is -0.129. The highest BCUT2D eigenvalue weighted by atomic mass is 19.1. The van der Waals surface area contributed by atoms with Crippen molar-refractivity contribution in [3.63, 3.8) is 0 Å². The van der Waals surface area contributed by atoms with Crippen LogP contribution in [-0.2, 0) is 17.9 Å². The third kappa shape index (κ3) is 4.60. The van der Waals surface area contributed by atoms with E-state index < -0.39 is 11.6 Å². The molecule has 4 nitrogen and oxygen atoms in total. The van der Waals surface area contributed by atoms with E-state index in [0.717, 1.165) is 31.1 Å². The summed E-state index contributed by atoms with van der Waals surface area (Å²) in [5, 5.41) is 3.32. The Balaban J connectivity index is 1.53. The first kappa shape index (κ1) is 17.5. The number of pyridine rings is 1. The molecule has 6 heteroatoms. The zero-order chi connectivity index (χ0) is 17.6. The van der Waals surface area contributed by atoms with Gasteiger partial charge in [-0.2, -0.15) is 0 Å². The van der Waals surface area contributed by atoms with Crippen LogP contribution < -0.4 is 5.32 Å². The third-order valence-electron chi connectivity index (χ3n) is 4.49. The van der Waals surface area contributed by atoms with E-state index in [0.29, 0.717) is 18.5 Å². The lowest BCUT2D eigenvalue weighted by atomic mass is 10.1. The van der Waals surface area contributed by atoms with Gasteiger partial charge in [0.15, 0.2) is 0 Å². The molecule has 0 spiro atoms. The molecule has 0 bridgehead atoms. The van der Waals surface area contributed by atoms with Gasteiger partial charge in [0.1, 0.15) is 11.6 Å². The van der Waals surface area contributed by atoms with Crippen molar-refractivity contribution in [1.82, 2.24) is 15.2 Å². The summed E-state index contributed by atoms with van der Waals surface area (Å²) < 4.78 is 26.9. The second-order valence-corrected chi connectivity index (χ2v) is 6.24. The summed E-state index contributed by atoms with van der Waals surface area (Å²) in [7, 11) is 0. The van der Waals surface area contributed by atoms with Gasteiger partial charge in [-0.15, -0.1) is 0 Å². The van der Waals surface area contributed by atoms with Gasteiger partial charge in [0.2, 0.25) is 5.91 Å². The highest BCUT2D eigenvalue weighted by Gasteiger charge is 2.30. The lowest BCUT2D eigenvalue weighted by Crippen LogP contribution is -2.35. The Labute approximate surface area is 145 Å². The number of halogens is 2. The smallest absolute Gasteiger partial charge is 0.223 e. The number of hydrogen-bond donors (Lipinski definition) is 1. The Morgan fingerprint density at radius 1 is 1.24 bits per heavy atom. The Bertz CT molecular complexity index is 724.